The summed E-state index contributed by atoms with van der Waals surface area (Å²) in [5.41, 5.74) is 2.74. The number of benzene rings is 2. The van der Waals surface area contributed by atoms with Crippen molar-refractivity contribution in [1.82, 2.24) is 5.32 Å². The summed E-state index contributed by atoms with van der Waals surface area (Å²) in [7, 11) is 0. The second kappa shape index (κ2) is 8.11. The average Bonchev–Trinajstić information content (AvgIpc) is 2.57. The van der Waals surface area contributed by atoms with Gasteiger partial charge in [0.2, 0.25) is 0 Å². The highest BCUT2D eigenvalue weighted by molar-refractivity contribution is 9.10. The average molecular weight is 389 g/mol. The largest absolute Gasteiger partial charge is 0.350 e. The van der Waals surface area contributed by atoms with Crippen LogP contribution in [0.2, 0.25) is 0 Å². The third-order valence-corrected chi connectivity index (χ3v) is 4.66. The molecule has 0 aliphatic carbocycles. The van der Waals surface area contributed by atoms with Crippen LogP contribution in [-0.4, -0.2) is 17.9 Å². The van der Waals surface area contributed by atoms with E-state index in [0.717, 1.165) is 16.5 Å². The number of amides is 2. The predicted octanol–water partition coefficient (Wildman–Crippen LogP) is 4.54. The lowest BCUT2D eigenvalue weighted by Gasteiger charge is -2.12. The van der Waals surface area contributed by atoms with Gasteiger partial charge in [-0.1, -0.05) is 35.0 Å². The van der Waals surface area contributed by atoms with E-state index in [2.05, 4.69) is 26.6 Å². The molecule has 5 heteroatoms. The quantitative estimate of drug-likeness (QED) is 0.789. The second-order valence-corrected chi connectivity index (χ2v) is 6.64. The molecule has 0 fully saturated rings. The van der Waals surface area contributed by atoms with Gasteiger partial charge in [-0.05, 0) is 56.2 Å². The Morgan fingerprint density at radius 1 is 1.08 bits per heavy atom. The van der Waals surface area contributed by atoms with Crippen molar-refractivity contribution in [1.29, 1.82) is 0 Å². The van der Waals surface area contributed by atoms with Crippen LogP contribution in [0, 0.1) is 6.92 Å². The molecule has 24 heavy (non-hydrogen) atoms. The zero-order valence-corrected chi connectivity index (χ0v) is 15.6. The highest BCUT2D eigenvalue weighted by Gasteiger charge is 2.11. The topological polar surface area (TPSA) is 58.2 Å². The summed E-state index contributed by atoms with van der Waals surface area (Å²) >= 11 is 3.43. The Bertz CT molecular complexity index is 759. The number of aryl methyl sites for hydroxylation is 1. The summed E-state index contributed by atoms with van der Waals surface area (Å²) in [4.78, 5) is 24.5. The van der Waals surface area contributed by atoms with E-state index in [4.69, 9.17) is 0 Å². The number of halogens is 1. The van der Waals surface area contributed by atoms with Gasteiger partial charge in [0, 0.05) is 27.3 Å². The van der Waals surface area contributed by atoms with E-state index >= 15 is 0 Å². The molecule has 2 aromatic rings. The zero-order valence-electron chi connectivity index (χ0n) is 14.0. The van der Waals surface area contributed by atoms with Crippen LogP contribution in [-0.2, 0) is 0 Å². The molecule has 0 aliphatic rings. The van der Waals surface area contributed by atoms with Crippen molar-refractivity contribution in [2.45, 2.75) is 33.2 Å². The molecule has 0 saturated carbocycles. The Morgan fingerprint density at radius 3 is 2.46 bits per heavy atom. The van der Waals surface area contributed by atoms with Gasteiger partial charge in [0.1, 0.15) is 0 Å². The summed E-state index contributed by atoms with van der Waals surface area (Å²) in [5, 5.41) is 5.74. The number of anilines is 1. The Hall–Kier alpha value is -2.14. The molecule has 2 aromatic carbocycles. The fraction of sp³-hybridized carbons (Fsp3) is 0.263. The maximum atomic E-state index is 12.4. The minimum Gasteiger partial charge on any atom is -0.350 e. The van der Waals surface area contributed by atoms with Crippen LogP contribution in [0.1, 0.15) is 46.5 Å². The van der Waals surface area contributed by atoms with Gasteiger partial charge in [-0.15, -0.1) is 0 Å². The number of carbonyl (C=O) groups excluding carboxylic acids is 2. The van der Waals surface area contributed by atoms with E-state index in [-0.39, 0.29) is 17.9 Å². The van der Waals surface area contributed by atoms with Gasteiger partial charge in [-0.25, -0.2) is 0 Å². The molecule has 0 radical (unpaired) electrons. The van der Waals surface area contributed by atoms with Crippen LogP contribution in [0.5, 0.6) is 0 Å². The summed E-state index contributed by atoms with van der Waals surface area (Å²) in [5.74, 6) is -0.353. The van der Waals surface area contributed by atoms with E-state index in [1.54, 1.807) is 36.4 Å². The van der Waals surface area contributed by atoms with Crippen molar-refractivity contribution in [3.05, 3.63) is 63.6 Å². The molecule has 1 unspecified atom stereocenters. The smallest absolute Gasteiger partial charge is 0.255 e. The lowest BCUT2D eigenvalue weighted by atomic mass is 10.1. The Kier molecular flexibility index (Phi) is 6.15. The van der Waals surface area contributed by atoms with Gasteiger partial charge >= 0.3 is 0 Å². The summed E-state index contributed by atoms with van der Waals surface area (Å²) < 4.78 is 0.886. The van der Waals surface area contributed by atoms with Crippen molar-refractivity contribution in [2.24, 2.45) is 0 Å². The van der Waals surface area contributed by atoms with Crippen molar-refractivity contribution in [2.75, 3.05) is 5.32 Å². The first kappa shape index (κ1) is 18.2. The SMILES string of the molecule is CCC(C)NC(=O)c1cccc(NC(=O)c2ccc(C)c(Br)c2)c1. The summed E-state index contributed by atoms with van der Waals surface area (Å²) in [6.45, 7) is 5.94. The lowest BCUT2D eigenvalue weighted by Crippen LogP contribution is -2.31. The van der Waals surface area contributed by atoms with Crippen LogP contribution < -0.4 is 10.6 Å². The van der Waals surface area contributed by atoms with Crippen LogP contribution in [0.15, 0.2) is 46.9 Å². The van der Waals surface area contributed by atoms with Gasteiger partial charge in [0.25, 0.3) is 11.8 Å². The first-order valence-electron chi connectivity index (χ1n) is 7.89. The van der Waals surface area contributed by atoms with Gasteiger partial charge in [-0.2, -0.15) is 0 Å². The maximum Gasteiger partial charge on any atom is 0.255 e. The molecule has 4 nitrogen and oxygen atoms in total. The van der Waals surface area contributed by atoms with E-state index in [9.17, 15) is 9.59 Å². The van der Waals surface area contributed by atoms with E-state index in [1.807, 2.05) is 26.8 Å². The van der Waals surface area contributed by atoms with E-state index in [1.165, 1.54) is 0 Å². The number of carbonyl (C=O) groups is 2. The van der Waals surface area contributed by atoms with Crippen LogP contribution >= 0.6 is 15.9 Å². The third-order valence-electron chi connectivity index (χ3n) is 3.81. The monoisotopic (exact) mass is 388 g/mol. The van der Waals surface area contributed by atoms with Gasteiger partial charge < -0.3 is 10.6 Å². The number of hydrogen-bond acceptors (Lipinski definition) is 2. The molecule has 0 aliphatic heterocycles. The predicted molar refractivity (Wildman–Crippen MR) is 100 cm³/mol. The molecule has 0 heterocycles. The lowest BCUT2D eigenvalue weighted by molar-refractivity contribution is 0.0938. The van der Waals surface area contributed by atoms with Gasteiger partial charge in [0.05, 0.1) is 0 Å². The molecule has 0 aromatic heterocycles. The molecule has 1 atom stereocenters. The zero-order chi connectivity index (χ0) is 17.7. The normalized spacial score (nSPS) is 11.7. The number of hydrogen-bond donors (Lipinski definition) is 2. The minimum absolute atomic E-state index is 0.112. The first-order chi connectivity index (χ1) is 11.4. The molecular weight excluding hydrogens is 368 g/mol. The summed E-state index contributed by atoms with van der Waals surface area (Å²) in [6, 6.07) is 12.5. The highest BCUT2D eigenvalue weighted by atomic mass is 79.9. The molecule has 2 N–H and O–H groups in total. The fourth-order valence-corrected chi connectivity index (χ4v) is 2.46. The molecular formula is C19H21BrN2O2. The molecule has 0 bridgehead atoms. The molecule has 126 valence electrons. The molecule has 0 saturated heterocycles. The number of nitrogens with one attached hydrogen (secondary N) is 2. The minimum atomic E-state index is -0.213. The molecule has 2 amide bonds. The highest BCUT2D eigenvalue weighted by Crippen LogP contribution is 2.19. The number of rotatable bonds is 5. The van der Waals surface area contributed by atoms with Crippen molar-refractivity contribution >= 4 is 33.4 Å². The third kappa shape index (κ3) is 4.68. The Balaban J connectivity index is 2.12. The second-order valence-electron chi connectivity index (χ2n) is 5.78. The molecule has 2 rings (SSSR count). The van der Waals surface area contributed by atoms with Crippen LogP contribution in [0.25, 0.3) is 0 Å². The fourth-order valence-electron chi connectivity index (χ4n) is 2.08. The maximum absolute atomic E-state index is 12.4. The van der Waals surface area contributed by atoms with Crippen LogP contribution in [0.3, 0.4) is 0 Å². The molecule has 0 spiro atoms. The van der Waals surface area contributed by atoms with Crippen molar-refractivity contribution in [3.63, 3.8) is 0 Å². The standard InChI is InChI=1S/C19H21BrN2O2/c1-4-13(3)21-18(23)14-6-5-7-16(10-14)22-19(24)15-9-8-12(2)17(20)11-15/h5-11,13H,4H2,1-3H3,(H,21,23)(H,22,24). The van der Waals surface area contributed by atoms with E-state index in [0.29, 0.717) is 16.8 Å². The first-order valence-corrected chi connectivity index (χ1v) is 8.68. The van der Waals surface area contributed by atoms with Gasteiger partial charge in [-0.3, -0.25) is 9.59 Å². The Morgan fingerprint density at radius 2 is 1.79 bits per heavy atom. The van der Waals surface area contributed by atoms with Crippen molar-refractivity contribution in [3.8, 4) is 0 Å². The summed E-state index contributed by atoms with van der Waals surface area (Å²) in [6.07, 6.45) is 0.866. The van der Waals surface area contributed by atoms with Crippen molar-refractivity contribution < 1.29 is 9.59 Å². The van der Waals surface area contributed by atoms with Gasteiger partial charge in [0.15, 0.2) is 0 Å². The Labute approximate surface area is 150 Å². The van der Waals surface area contributed by atoms with Crippen LogP contribution in [0.4, 0.5) is 5.69 Å². The van der Waals surface area contributed by atoms with E-state index < -0.39 is 0 Å².